The van der Waals surface area contributed by atoms with Crippen molar-refractivity contribution < 1.29 is 8.78 Å². The average Bonchev–Trinajstić information content (AvgIpc) is 2.15. The highest BCUT2D eigenvalue weighted by atomic mass is 19.3. The maximum atomic E-state index is 13.2. The Morgan fingerprint density at radius 2 is 2.19 bits per heavy atom. The van der Waals surface area contributed by atoms with Gasteiger partial charge in [-0.25, -0.2) is 8.78 Å². The van der Waals surface area contributed by atoms with Crippen LogP contribution in [0.2, 0.25) is 0 Å². The van der Waals surface area contributed by atoms with Crippen LogP contribution in [-0.4, -0.2) is 23.9 Å². The zero-order valence-electron chi connectivity index (χ0n) is 9.13. The second kappa shape index (κ2) is 4.37. The van der Waals surface area contributed by atoms with Crippen molar-refractivity contribution in [2.45, 2.75) is 25.3 Å². The highest BCUT2D eigenvalue weighted by Gasteiger charge is 2.34. The van der Waals surface area contributed by atoms with Crippen LogP contribution in [0.15, 0.2) is 24.3 Å². The van der Waals surface area contributed by atoms with Crippen molar-refractivity contribution in [3.8, 4) is 0 Å². The number of anilines is 1. The summed E-state index contributed by atoms with van der Waals surface area (Å²) in [7, 11) is 0. The Kier molecular flexibility index (Phi) is 3.10. The molecule has 4 heteroatoms. The molecule has 0 aliphatic carbocycles. The number of likely N-dealkylation sites (tertiary alicyclic amines) is 1. The van der Waals surface area contributed by atoms with Crippen molar-refractivity contribution >= 4 is 5.69 Å². The lowest BCUT2D eigenvalue weighted by molar-refractivity contribution is -0.0660. The molecule has 0 amide bonds. The van der Waals surface area contributed by atoms with E-state index in [-0.39, 0.29) is 13.0 Å². The molecule has 88 valence electrons. The number of nitrogens with zero attached hydrogens (tertiary/aromatic N) is 1. The van der Waals surface area contributed by atoms with Gasteiger partial charge in [0.2, 0.25) is 0 Å². The number of benzene rings is 1. The molecular weight excluding hydrogens is 210 g/mol. The standard InChI is InChI=1S/C12H16F2N2/c13-12(14)5-2-6-16(9-12)8-10-3-1-4-11(15)7-10/h1,3-4,7H,2,5-6,8-9,15H2. The first-order chi connectivity index (χ1) is 7.55. The summed E-state index contributed by atoms with van der Waals surface area (Å²) in [5.74, 6) is -2.53. The van der Waals surface area contributed by atoms with Gasteiger partial charge >= 0.3 is 0 Å². The topological polar surface area (TPSA) is 29.3 Å². The number of piperidine rings is 1. The Morgan fingerprint density at radius 3 is 2.88 bits per heavy atom. The smallest absolute Gasteiger partial charge is 0.260 e. The zero-order valence-corrected chi connectivity index (χ0v) is 9.13. The SMILES string of the molecule is Nc1cccc(CN2CCCC(F)(F)C2)c1. The largest absolute Gasteiger partial charge is 0.399 e. The van der Waals surface area contributed by atoms with Crippen LogP contribution in [0.3, 0.4) is 0 Å². The molecule has 2 N–H and O–H groups in total. The fourth-order valence-corrected chi connectivity index (χ4v) is 2.13. The number of hydrogen-bond donors (Lipinski definition) is 1. The molecule has 1 fully saturated rings. The highest BCUT2D eigenvalue weighted by molar-refractivity contribution is 5.40. The van der Waals surface area contributed by atoms with Gasteiger partial charge < -0.3 is 5.73 Å². The first-order valence-corrected chi connectivity index (χ1v) is 5.50. The molecule has 2 rings (SSSR count). The van der Waals surface area contributed by atoms with Gasteiger partial charge in [0.05, 0.1) is 6.54 Å². The molecule has 1 aromatic rings. The van der Waals surface area contributed by atoms with Gasteiger partial charge in [-0.1, -0.05) is 12.1 Å². The van der Waals surface area contributed by atoms with E-state index in [9.17, 15) is 8.78 Å². The molecule has 0 saturated carbocycles. The molecule has 1 heterocycles. The van der Waals surface area contributed by atoms with Gasteiger partial charge in [0.1, 0.15) is 0 Å². The Balaban J connectivity index is 1.99. The number of rotatable bonds is 2. The first kappa shape index (κ1) is 11.3. The van der Waals surface area contributed by atoms with Gasteiger partial charge in [0, 0.05) is 18.7 Å². The number of hydrogen-bond acceptors (Lipinski definition) is 2. The maximum absolute atomic E-state index is 13.2. The third-order valence-corrected chi connectivity index (χ3v) is 2.83. The number of alkyl halides is 2. The fourth-order valence-electron chi connectivity index (χ4n) is 2.13. The lowest BCUT2D eigenvalue weighted by Crippen LogP contribution is -2.41. The minimum absolute atomic E-state index is 0.0143. The molecule has 1 aliphatic rings. The van der Waals surface area contributed by atoms with E-state index in [1.807, 2.05) is 18.2 Å². The second-order valence-electron chi connectivity index (χ2n) is 4.42. The van der Waals surface area contributed by atoms with Crippen molar-refractivity contribution in [2.75, 3.05) is 18.8 Å². The molecule has 0 radical (unpaired) electrons. The van der Waals surface area contributed by atoms with E-state index >= 15 is 0 Å². The molecule has 0 atom stereocenters. The summed E-state index contributed by atoms with van der Waals surface area (Å²) in [6, 6.07) is 7.41. The van der Waals surface area contributed by atoms with Gasteiger partial charge in [-0.05, 0) is 30.7 Å². The maximum Gasteiger partial charge on any atom is 0.260 e. The lowest BCUT2D eigenvalue weighted by atomic mass is 10.1. The summed E-state index contributed by atoms with van der Waals surface area (Å²) in [4.78, 5) is 1.79. The third kappa shape index (κ3) is 2.92. The van der Waals surface area contributed by atoms with Gasteiger partial charge in [-0.3, -0.25) is 4.90 Å². The minimum atomic E-state index is -2.53. The van der Waals surface area contributed by atoms with E-state index in [4.69, 9.17) is 5.73 Å². The molecule has 2 nitrogen and oxygen atoms in total. The van der Waals surface area contributed by atoms with Crippen molar-refractivity contribution in [1.82, 2.24) is 4.90 Å². The summed E-state index contributed by atoms with van der Waals surface area (Å²) < 4.78 is 26.3. The van der Waals surface area contributed by atoms with Crippen LogP contribution in [0, 0.1) is 0 Å². The van der Waals surface area contributed by atoms with E-state index in [1.54, 1.807) is 11.0 Å². The number of halogens is 2. The Labute approximate surface area is 94.0 Å². The minimum Gasteiger partial charge on any atom is -0.399 e. The quantitative estimate of drug-likeness (QED) is 0.785. The van der Waals surface area contributed by atoms with Crippen molar-refractivity contribution in [3.63, 3.8) is 0 Å². The van der Waals surface area contributed by atoms with Crippen LogP contribution in [0.25, 0.3) is 0 Å². The summed E-state index contributed by atoms with van der Waals surface area (Å²) in [5, 5.41) is 0. The molecule has 0 unspecified atom stereocenters. The van der Waals surface area contributed by atoms with E-state index in [0.717, 1.165) is 12.1 Å². The molecule has 16 heavy (non-hydrogen) atoms. The van der Waals surface area contributed by atoms with Crippen LogP contribution in [0.4, 0.5) is 14.5 Å². The number of nitrogens with two attached hydrogens (primary N) is 1. The molecule has 0 spiro atoms. The van der Waals surface area contributed by atoms with Crippen LogP contribution in [0.5, 0.6) is 0 Å². The van der Waals surface area contributed by atoms with Crippen LogP contribution < -0.4 is 5.73 Å². The van der Waals surface area contributed by atoms with Crippen molar-refractivity contribution in [3.05, 3.63) is 29.8 Å². The number of nitrogen functional groups attached to an aromatic ring is 1. The van der Waals surface area contributed by atoms with Crippen LogP contribution in [-0.2, 0) is 6.54 Å². The van der Waals surface area contributed by atoms with E-state index < -0.39 is 5.92 Å². The molecular formula is C12H16F2N2. The van der Waals surface area contributed by atoms with Gasteiger partial charge in [0.25, 0.3) is 5.92 Å². The first-order valence-electron chi connectivity index (χ1n) is 5.50. The van der Waals surface area contributed by atoms with E-state index in [2.05, 4.69) is 0 Å². The fraction of sp³-hybridized carbons (Fsp3) is 0.500. The predicted molar refractivity (Wildman–Crippen MR) is 60.3 cm³/mol. The third-order valence-electron chi connectivity index (χ3n) is 2.83. The molecule has 0 bridgehead atoms. The zero-order chi connectivity index (χ0) is 11.6. The van der Waals surface area contributed by atoms with E-state index in [0.29, 0.717) is 18.7 Å². The normalized spacial score (nSPS) is 20.9. The molecule has 0 aromatic heterocycles. The van der Waals surface area contributed by atoms with Gasteiger partial charge in [-0.15, -0.1) is 0 Å². The Morgan fingerprint density at radius 1 is 1.38 bits per heavy atom. The van der Waals surface area contributed by atoms with Gasteiger partial charge in [0.15, 0.2) is 0 Å². The molecule has 1 aliphatic heterocycles. The summed E-state index contributed by atoms with van der Waals surface area (Å²) in [6.07, 6.45) is 0.579. The lowest BCUT2D eigenvalue weighted by Gasteiger charge is -2.32. The Bertz CT molecular complexity index is 366. The Hall–Kier alpha value is -1.16. The van der Waals surface area contributed by atoms with Gasteiger partial charge in [-0.2, -0.15) is 0 Å². The summed E-state index contributed by atoms with van der Waals surface area (Å²) in [6.45, 7) is 1.16. The summed E-state index contributed by atoms with van der Waals surface area (Å²) in [5.41, 5.74) is 7.33. The van der Waals surface area contributed by atoms with Crippen LogP contribution >= 0.6 is 0 Å². The van der Waals surface area contributed by atoms with E-state index in [1.165, 1.54) is 0 Å². The van der Waals surface area contributed by atoms with Crippen molar-refractivity contribution in [1.29, 1.82) is 0 Å². The van der Waals surface area contributed by atoms with Crippen LogP contribution in [0.1, 0.15) is 18.4 Å². The molecule has 1 saturated heterocycles. The predicted octanol–water partition coefficient (Wildman–Crippen LogP) is 2.50. The van der Waals surface area contributed by atoms with Crippen molar-refractivity contribution in [2.24, 2.45) is 0 Å². The average molecular weight is 226 g/mol. The highest BCUT2D eigenvalue weighted by Crippen LogP contribution is 2.27. The monoisotopic (exact) mass is 226 g/mol. The summed E-state index contributed by atoms with van der Waals surface area (Å²) >= 11 is 0. The molecule has 1 aromatic carbocycles. The second-order valence-corrected chi connectivity index (χ2v) is 4.42.